The minimum atomic E-state index is -5.48. The van der Waals surface area contributed by atoms with Gasteiger partial charge in [-0.1, -0.05) is 11.8 Å². The second kappa shape index (κ2) is 3.57. The van der Waals surface area contributed by atoms with Gasteiger partial charge in [0.1, 0.15) is 0 Å². The van der Waals surface area contributed by atoms with E-state index < -0.39 is 28.9 Å². The van der Waals surface area contributed by atoms with Crippen LogP contribution in [0.2, 0.25) is 0 Å². The van der Waals surface area contributed by atoms with Crippen LogP contribution >= 0.6 is 11.8 Å². The van der Waals surface area contributed by atoms with Gasteiger partial charge < -0.3 is 5.73 Å². The molecule has 0 heterocycles. The van der Waals surface area contributed by atoms with Gasteiger partial charge in [0.25, 0.3) is 0 Å². The lowest BCUT2D eigenvalue weighted by Gasteiger charge is -2.17. The lowest BCUT2D eigenvalue weighted by Crippen LogP contribution is -2.33. The largest absolute Gasteiger partial charge is 0.464 e. The van der Waals surface area contributed by atoms with Gasteiger partial charge in [-0.15, -0.1) is 0 Å². The predicted molar refractivity (Wildman–Crippen MR) is 32.5 cm³/mol. The standard InChI is InChI=1S/C4H6F5NS/c5-3(6,7)4(8,9)11-2-1-10/h1-2,10H2. The molecule has 0 aliphatic carbocycles. The van der Waals surface area contributed by atoms with Gasteiger partial charge in [-0.2, -0.15) is 22.0 Å². The minimum Gasteiger partial charge on any atom is -0.330 e. The van der Waals surface area contributed by atoms with E-state index in [0.29, 0.717) is 0 Å². The van der Waals surface area contributed by atoms with Crippen LogP contribution < -0.4 is 5.73 Å². The van der Waals surface area contributed by atoms with Gasteiger partial charge in [0, 0.05) is 12.3 Å². The summed E-state index contributed by atoms with van der Waals surface area (Å²) < 4.78 is 57.8. The first kappa shape index (κ1) is 11.0. The Morgan fingerprint density at radius 3 is 1.82 bits per heavy atom. The monoisotopic (exact) mass is 195 g/mol. The first-order valence-corrected chi connectivity index (χ1v) is 3.58. The first-order chi connectivity index (χ1) is 4.81. The number of nitrogens with two attached hydrogens (primary N) is 1. The van der Waals surface area contributed by atoms with Crippen molar-refractivity contribution in [3.05, 3.63) is 0 Å². The maximum Gasteiger partial charge on any atom is 0.464 e. The Morgan fingerprint density at radius 2 is 1.55 bits per heavy atom. The molecule has 0 aromatic heterocycles. The number of hydrogen-bond donors (Lipinski definition) is 1. The van der Waals surface area contributed by atoms with Crippen molar-refractivity contribution in [3.8, 4) is 0 Å². The van der Waals surface area contributed by atoms with Crippen molar-refractivity contribution in [2.75, 3.05) is 12.3 Å². The third-order valence-corrected chi connectivity index (χ3v) is 1.77. The van der Waals surface area contributed by atoms with Crippen LogP contribution in [0, 0.1) is 0 Å². The molecule has 0 radical (unpaired) electrons. The molecule has 1 nitrogen and oxygen atoms in total. The van der Waals surface area contributed by atoms with Crippen molar-refractivity contribution in [1.82, 2.24) is 0 Å². The Balaban J connectivity index is 4.00. The van der Waals surface area contributed by atoms with E-state index in [1.54, 1.807) is 0 Å². The molecule has 0 saturated heterocycles. The lowest BCUT2D eigenvalue weighted by atomic mass is 10.7. The average Bonchev–Trinajstić information content (AvgIpc) is 1.81. The Labute approximate surface area is 64.1 Å². The van der Waals surface area contributed by atoms with Crippen molar-refractivity contribution >= 4 is 11.8 Å². The molecule has 0 saturated carbocycles. The van der Waals surface area contributed by atoms with Gasteiger partial charge in [-0.25, -0.2) is 0 Å². The summed E-state index contributed by atoms with van der Waals surface area (Å²) in [6, 6.07) is 0. The Bertz CT molecular complexity index is 122. The third kappa shape index (κ3) is 3.24. The van der Waals surface area contributed by atoms with E-state index in [0.717, 1.165) is 0 Å². The smallest absolute Gasteiger partial charge is 0.330 e. The molecule has 0 aliphatic heterocycles. The molecule has 0 fully saturated rings. The zero-order valence-corrected chi connectivity index (χ0v) is 6.11. The number of rotatable bonds is 3. The number of alkyl halides is 5. The summed E-state index contributed by atoms with van der Waals surface area (Å²) in [7, 11) is 0. The van der Waals surface area contributed by atoms with E-state index in [1.165, 1.54) is 0 Å². The van der Waals surface area contributed by atoms with Crippen LogP contribution in [0.3, 0.4) is 0 Å². The molecule has 0 spiro atoms. The predicted octanol–water partition coefficient (Wildman–Crippen LogP) is 1.83. The molecule has 0 atom stereocenters. The molecule has 0 aromatic carbocycles. The lowest BCUT2D eigenvalue weighted by molar-refractivity contribution is -0.237. The molecule has 68 valence electrons. The van der Waals surface area contributed by atoms with Crippen molar-refractivity contribution in [1.29, 1.82) is 0 Å². The summed E-state index contributed by atoms with van der Waals surface area (Å²) in [5, 5.41) is -4.67. The van der Waals surface area contributed by atoms with Gasteiger partial charge in [0.15, 0.2) is 0 Å². The number of hydrogen-bond acceptors (Lipinski definition) is 2. The molecular weight excluding hydrogens is 189 g/mol. The summed E-state index contributed by atoms with van der Waals surface area (Å²) in [5.41, 5.74) is 4.76. The fourth-order valence-corrected chi connectivity index (χ4v) is 0.807. The highest BCUT2D eigenvalue weighted by Gasteiger charge is 2.57. The van der Waals surface area contributed by atoms with Crippen molar-refractivity contribution in [2.45, 2.75) is 11.4 Å². The second-order valence-corrected chi connectivity index (χ2v) is 2.86. The topological polar surface area (TPSA) is 26.0 Å². The van der Waals surface area contributed by atoms with E-state index in [2.05, 4.69) is 0 Å². The van der Waals surface area contributed by atoms with Crippen LogP contribution in [0.4, 0.5) is 22.0 Å². The minimum absolute atomic E-state index is 0.198. The maximum absolute atomic E-state index is 11.9. The van der Waals surface area contributed by atoms with Crippen LogP contribution in [-0.2, 0) is 0 Å². The molecule has 2 N–H and O–H groups in total. The number of thioether (sulfide) groups is 1. The summed E-state index contributed by atoms with van der Waals surface area (Å²) in [5.74, 6) is -0.410. The maximum atomic E-state index is 11.9. The van der Waals surface area contributed by atoms with Crippen LogP contribution in [0.1, 0.15) is 0 Å². The molecule has 0 amide bonds. The molecule has 0 aliphatic rings. The Hall–Kier alpha value is -0.0400. The summed E-state index contributed by atoms with van der Waals surface area (Å²) in [6.45, 7) is -0.198. The van der Waals surface area contributed by atoms with Crippen molar-refractivity contribution in [2.24, 2.45) is 5.73 Å². The second-order valence-electron chi connectivity index (χ2n) is 1.65. The van der Waals surface area contributed by atoms with E-state index >= 15 is 0 Å². The van der Waals surface area contributed by atoms with Gasteiger partial charge >= 0.3 is 11.4 Å². The Kier molecular flexibility index (Phi) is 3.56. The average molecular weight is 195 g/mol. The molecular formula is C4H6F5NS. The zero-order chi connectivity index (χ0) is 9.12. The summed E-state index contributed by atoms with van der Waals surface area (Å²) >= 11 is -0.498. The van der Waals surface area contributed by atoms with Gasteiger partial charge in [0.2, 0.25) is 0 Å². The molecule has 7 heteroatoms. The molecule has 0 unspecified atom stereocenters. The van der Waals surface area contributed by atoms with E-state index in [1.807, 2.05) is 0 Å². The first-order valence-electron chi connectivity index (χ1n) is 2.60. The summed E-state index contributed by atoms with van der Waals surface area (Å²) in [4.78, 5) is 0. The van der Waals surface area contributed by atoms with E-state index in [9.17, 15) is 22.0 Å². The van der Waals surface area contributed by atoms with E-state index in [-0.39, 0.29) is 6.54 Å². The zero-order valence-electron chi connectivity index (χ0n) is 5.29. The highest BCUT2D eigenvalue weighted by atomic mass is 32.2. The van der Waals surface area contributed by atoms with Gasteiger partial charge in [0.05, 0.1) is 0 Å². The van der Waals surface area contributed by atoms with Gasteiger partial charge in [-0.3, -0.25) is 0 Å². The molecule has 0 rings (SSSR count). The van der Waals surface area contributed by atoms with E-state index in [4.69, 9.17) is 5.73 Å². The quantitative estimate of drug-likeness (QED) is 0.695. The highest BCUT2D eigenvalue weighted by Crippen LogP contribution is 2.43. The van der Waals surface area contributed by atoms with Crippen LogP contribution in [-0.4, -0.2) is 23.7 Å². The fourth-order valence-electron chi connectivity index (χ4n) is 0.269. The van der Waals surface area contributed by atoms with Crippen LogP contribution in [0.15, 0.2) is 0 Å². The fraction of sp³-hybridized carbons (Fsp3) is 1.00. The molecule has 11 heavy (non-hydrogen) atoms. The molecule has 0 bridgehead atoms. The normalized spacial score (nSPS) is 13.6. The van der Waals surface area contributed by atoms with Crippen molar-refractivity contribution in [3.63, 3.8) is 0 Å². The highest BCUT2D eigenvalue weighted by molar-refractivity contribution is 8.00. The SMILES string of the molecule is NCCSC(F)(F)C(F)(F)F. The van der Waals surface area contributed by atoms with Crippen LogP contribution in [0.5, 0.6) is 0 Å². The Morgan fingerprint density at radius 1 is 1.09 bits per heavy atom. The third-order valence-electron chi connectivity index (χ3n) is 0.731. The van der Waals surface area contributed by atoms with Crippen LogP contribution in [0.25, 0.3) is 0 Å². The summed E-state index contributed by atoms with van der Waals surface area (Å²) in [6.07, 6.45) is -5.48. The van der Waals surface area contributed by atoms with Gasteiger partial charge in [-0.05, 0) is 0 Å². The van der Waals surface area contributed by atoms with Crippen molar-refractivity contribution < 1.29 is 22.0 Å². The number of halogens is 5. The molecule has 0 aromatic rings.